The van der Waals surface area contributed by atoms with Gasteiger partial charge in [0.2, 0.25) is 0 Å². The molecule has 0 N–H and O–H groups in total. The van der Waals surface area contributed by atoms with Crippen LogP contribution in [0.3, 0.4) is 0 Å². The van der Waals surface area contributed by atoms with Crippen molar-refractivity contribution in [2.75, 3.05) is 20.2 Å². The first-order valence-electron chi connectivity index (χ1n) is 7.90. The monoisotopic (exact) mass is 319 g/mol. The van der Waals surface area contributed by atoms with Crippen LogP contribution in [0, 0.1) is 11.8 Å². The number of ether oxygens (including phenoxy) is 2. The van der Waals surface area contributed by atoms with E-state index in [0.29, 0.717) is 13.1 Å². The summed E-state index contributed by atoms with van der Waals surface area (Å²) in [4.78, 5) is 25.9. The van der Waals surface area contributed by atoms with E-state index in [2.05, 4.69) is 0 Å². The lowest BCUT2D eigenvalue weighted by Crippen LogP contribution is -2.36. The van der Waals surface area contributed by atoms with Gasteiger partial charge in [0.25, 0.3) is 0 Å². The third kappa shape index (κ3) is 4.71. The van der Waals surface area contributed by atoms with E-state index in [1.807, 2.05) is 51.1 Å². The average Bonchev–Trinajstić information content (AvgIpc) is 2.90. The molecule has 0 saturated carbocycles. The number of likely N-dealkylation sites (tertiary alicyclic amines) is 1. The Morgan fingerprint density at radius 3 is 2.39 bits per heavy atom. The second kappa shape index (κ2) is 7.02. The van der Waals surface area contributed by atoms with Gasteiger partial charge in [0, 0.05) is 13.1 Å². The van der Waals surface area contributed by atoms with Gasteiger partial charge in [-0.15, -0.1) is 0 Å². The number of hydrogen-bond donors (Lipinski definition) is 0. The van der Waals surface area contributed by atoms with E-state index in [1.165, 1.54) is 7.11 Å². The highest BCUT2D eigenvalue weighted by atomic mass is 16.6. The average molecular weight is 319 g/mol. The molecule has 0 unspecified atom stereocenters. The lowest BCUT2D eigenvalue weighted by molar-refractivity contribution is -0.146. The molecule has 0 bridgehead atoms. The van der Waals surface area contributed by atoms with Crippen LogP contribution in [-0.4, -0.2) is 42.8 Å². The van der Waals surface area contributed by atoms with Crippen LogP contribution < -0.4 is 0 Å². The summed E-state index contributed by atoms with van der Waals surface area (Å²) < 4.78 is 10.3. The molecular formula is C18H25NO4. The zero-order chi connectivity index (χ0) is 17.0. The van der Waals surface area contributed by atoms with Crippen molar-refractivity contribution in [3.8, 4) is 0 Å². The smallest absolute Gasteiger partial charge is 0.410 e. The molecule has 0 aliphatic carbocycles. The van der Waals surface area contributed by atoms with E-state index in [-0.39, 0.29) is 23.9 Å². The van der Waals surface area contributed by atoms with E-state index in [0.717, 1.165) is 12.0 Å². The van der Waals surface area contributed by atoms with E-state index < -0.39 is 5.60 Å². The lowest BCUT2D eigenvalue weighted by atomic mass is 9.90. The maximum absolute atomic E-state index is 12.3. The van der Waals surface area contributed by atoms with Crippen LogP contribution in [-0.2, 0) is 20.7 Å². The first-order valence-corrected chi connectivity index (χ1v) is 7.90. The fourth-order valence-corrected chi connectivity index (χ4v) is 2.89. The summed E-state index contributed by atoms with van der Waals surface area (Å²) in [5.41, 5.74) is 0.604. The maximum Gasteiger partial charge on any atom is 0.410 e. The van der Waals surface area contributed by atoms with Crippen LogP contribution in [0.25, 0.3) is 0 Å². The molecule has 1 amide bonds. The van der Waals surface area contributed by atoms with Gasteiger partial charge in [-0.25, -0.2) is 4.79 Å². The third-order valence-corrected chi connectivity index (χ3v) is 3.94. The molecule has 0 aromatic heterocycles. The van der Waals surface area contributed by atoms with Crippen LogP contribution >= 0.6 is 0 Å². The van der Waals surface area contributed by atoms with Crippen LogP contribution in [0.4, 0.5) is 4.79 Å². The van der Waals surface area contributed by atoms with Gasteiger partial charge in [-0.1, -0.05) is 30.3 Å². The van der Waals surface area contributed by atoms with Crippen molar-refractivity contribution in [1.82, 2.24) is 4.90 Å². The van der Waals surface area contributed by atoms with Crippen LogP contribution in [0.5, 0.6) is 0 Å². The van der Waals surface area contributed by atoms with E-state index in [9.17, 15) is 9.59 Å². The third-order valence-electron chi connectivity index (χ3n) is 3.94. The van der Waals surface area contributed by atoms with E-state index in [4.69, 9.17) is 9.47 Å². The summed E-state index contributed by atoms with van der Waals surface area (Å²) in [7, 11) is 1.39. The summed E-state index contributed by atoms with van der Waals surface area (Å²) in [5, 5.41) is 0. The van der Waals surface area contributed by atoms with Crippen LogP contribution in [0.2, 0.25) is 0 Å². The molecule has 0 radical (unpaired) electrons. The van der Waals surface area contributed by atoms with Crippen LogP contribution in [0.1, 0.15) is 26.3 Å². The maximum atomic E-state index is 12.3. The van der Waals surface area contributed by atoms with Gasteiger partial charge in [0.15, 0.2) is 0 Å². The molecule has 126 valence electrons. The molecule has 1 aromatic carbocycles. The molecule has 1 aromatic rings. The Balaban J connectivity index is 2.09. The molecule has 5 heteroatoms. The lowest BCUT2D eigenvalue weighted by Gasteiger charge is -2.24. The fraction of sp³-hybridized carbons (Fsp3) is 0.556. The number of methoxy groups -OCH3 is 1. The number of hydrogen-bond acceptors (Lipinski definition) is 4. The number of nitrogens with zero attached hydrogens (tertiary/aromatic N) is 1. The van der Waals surface area contributed by atoms with Gasteiger partial charge in [-0.05, 0) is 38.7 Å². The van der Waals surface area contributed by atoms with Gasteiger partial charge in [0.05, 0.1) is 13.0 Å². The number of benzene rings is 1. The summed E-state index contributed by atoms with van der Waals surface area (Å²) in [6.07, 6.45) is 0.363. The molecule has 5 nitrogen and oxygen atoms in total. The minimum absolute atomic E-state index is 0.0392. The molecule has 2 rings (SSSR count). The minimum atomic E-state index is -0.546. The van der Waals surface area contributed by atoms with Crippen molar-refractivity contribution < 1.29 is 19.1 Å². The number of amides is 1. The van der Waals surface area contributed by atoms with Gasteiger partial charge in [0.1, 0.15) is 5.60 Å². The summed E-state index contributed by atoms with van der Waals surface area (Å²) in [6.45, 7) is 6.35. The number of carbonyl (C=O) groups is 2. The van der Waals surface area contributed by atoms with Gasteiger partial charge in [-0.2, -0.15) is 0 Å². The first kappa shape index (κ1) is 17.3. The highest BCUT2D eigenvalue weighted by Gasteiger charge is 2.41. The normalized spacial score (nSPS) is 21.1. The van der Waals surface area contributed by atoms with Gasteiger partial charge in [-0.3, -0.25) is 4.79 Å². The molecule has 0 spiro atoms. The second-order valence-electron chi connectivity index (χ2n) is 6.96. The Kier molecular flexibility index (Phi) is 5.29. The largest absolute Gasteiger partial charge is 0.469 e. The zero-order valence-corrected chi connectivity index (χ0v) is 14.2. The molecule has 2 atom stereocenters. The Labute approximate surface area is 137 Å². The summed E-state index contributed by atoms with van der Waals surface area (Å²) in [5.74, 6) is -0.540. The molecular weight excluding hydrogens is 294 g/mol. The molecule has 23 heavy (non-hydrogen) atoms. The SMILES string of the molecule is COC(=O)[C@@H]1CN(C(=O)OC(C)(C)C)C[C@H]1Cc1ccccc1. The topological polar surface area (TPSA) is 55.8 Å². The highest BCUT2D eigenvalue weighted by Crippen LogP contribution is 2.29. The predicted molar refractivity (Wildman–Crippen MR) is 86.9 cm³/mol. The van der Waals surface area contributed by atoms with E-state index in [1.54, 1.807) is 4.90 Å². The molecule has 1 heterocycles. The van der Waals surface area contributed by atoms with Crippen molar-refractivity contribution in [2.45, 2.75) is 32.8 Å². The summed E-state index contributed by atoms with van der Waals surface area (Å²) >= 11 is 0. The Hall–Kier alpha value is -2.04. The van der Waals surface area contributed by atoms with Gasteiger partial charge < -0.3 is 14.4 Å². The second-order valence-corrected chi connectivity index (χ2v) is 6.96. The highest BCUT2D eigenvalue weighted by molar-refractivity contribution is 5.76. The molecule has 1 aliphatic heterocycles. The van der Waals surface area contributed by atoms with Gasteiger partial charge >= 0.3 is 12.1 Å². The van der Waals surface area contributed by atoms with Crippen LogP contribution in [0.15, 0.2) is 30.3 Å². The van der Waals surface area contributed by atoms with Crippen molar-refractivity contribution in [2.24, 2.45) is 11.8 Å². The van der Waals surface area contributed by atoms with Crippen molar-refractivity contribution in [1.29, 1.82) is 0 Å². The van der Waals surface area contributed by atoms with Crippen molar-refractivity contribution >= 4 is 12.1 Å². The van der Waals surface area contributed by atoms with E-state index >= 15 is 0 Å². The summed E-state index contributed by atoms with van der Waals surface area (Å²) in [6, 6.07) is 9.98. The number of esters is 1. The predicted octanol–water partition coefficient (Wildman–Crippen LogP) is 2.89. The zero-order valence-electron chi connectivity index (χ0n) is 14.2. The number of carbonyl (C=O) groups excluding carboxylic acids is 2. The molecule has 1 aliphatic rings. The first-order chi connectivity index (χ1) is 10.8. The standard InChI is InChI=1S/C18H25NO4/c1-18(2,3)23-17(21)19-11-14(15(12-19)16(20)22-4)10-13-8-6-5-7-9-13/h5-9,14-15H,10-12H2,1-4H3/t14-,15-/m1/s1. The Morgan fingerprint density at radius 1 is 1.17 bits per heavy atom. The molecule has 1 saturated heterocycles. The fourth-order valence-electron chi connectivity index (χ4n) is 2.89. The van der Waals surface area contributed by atoms with Crippen molar-refractivity contribution in [3.63, 3.8) is 0 Å². The Bertz CT molecular complexity index is 550. The quantitative estimate of drug-likeness (QED) is 0.804. The molecule has 1 fully saturated rings. The minimum Gasteiger partial charge on any atom is -0.469 e. The number of rotatable bonds is 3. The Morgan fingerprint density at radius 2 is 1.83 bits per heavy atom. The van der Waals surface area contributed by atoms with Crippen molar-refractivity contribution in [3.05, 3.63) is 35.9 Å².